The maximum Gasteiger partial charge on any atom is 0.311 e. The lowest BCUT2D eigenvalue weighted by atomic mass is 10.2. The second-order valence-corrected chi connectivity index (χ2v) is 4.88. The van der Waals surface area contributed by atoms with Crippen molar-refractivity contribution < 1.29 is 18.9 Å². The van der Waals surface area contributed by atoms with Crippen LogP contribution in [0.3, 0.4) is 0 Å². The van der Waals surface area contributed by atoms with Crippen molar-refractivity contribution in [1.82, 2.24) is 15.5 Å². The molecule has 2 rings (SSSR count). The van der Waals surface area contributed by atoms with Gasteiger partial charge in [0, 0.05) is 24.6 Å². The Morgan fingerprint density at radius 3 is 2.83 bits per heavy atom. The van der Waals surface area contributed by atoms with E-state index in [2.05, 4.69) is 15.5 Å². The molecule has 1 aromatic heterocycles. The molecule has 1 atom stereocenters. The summed E-state index contributed by atoms with van der Waals surface area (Å²) in [6, 6.07) is 4.49. The molecular formula is C14H19ClN4O5. The number of rotatable bonds is 8. The van der Waals surface area contributed by atoms with Crippen molar-refractivity contribution in [2.45, 2.75) is 26.0 Å². The molecule has 9 nitrogen and oxygen atoms in total. The zero-order valence-corrected chi connectivity index (χ0v) is 14.3. The van der Waals surface area contributed by atoms with Crippen molar-refractivity contribution in [1.29, 1.82) is 0 Å². The van der Waals surface area contributed by atoms with E-state index in [9.17, 15) is 10.1 Å². The van der Waals surface area contributed by atoms with Crippen LogP contribution in [-0.4, -0.2) is 35.3 Å². The Morgan fingerprint density at radius 2 is 2.21 bits per heavy atom. The summed E-state index contributed by atoms with van der Waals surface area (Å²) < 4.78 is 15.6. The number of hydrogen-bond donors (Lipinski definition) is 1. The molecule has 0 saturated heterocycles. The Hall–Kier alpha value is -2.39. The SMILES string of the molecule is CNC(C)Cc1noc(COc2ccc([N+](=O)[O-])c(OC)c2)n1.Cl. The lowest BCUT2D eigenvalue weighted by Gasteiger charge is -2.06. The van der Waals surface area contributed by atoms with E-state index >= 15 is 0 Å². The van der Waals surface area contributed by atoms with Gasteiger partial charge in [-0.1, -0.05) is 5.16 Å². The van der Waals surface area contributed by atoms with Gasteiger partial charge in [-0.05, 0) is 20.0 Å². The Bertz CT molecular complexity index is 679. The molecule has 1 unspecified atom stereocenters. The number of likely N-dealkylation sites (N-methyl/N-ethyl adjacent to an activating group) is 1. The molecule has 1 heterocycles. The maximum atomic E-state index is 10.8. The number of ether oxygens (including phenoxy) is 2. The van der Waals surface area contributed by atoms with E-state index in [1.807, 2.05) is 14.0 Å². The smallest absolute Gasteiger partial charge is 0.311 e. The van der Waals surface area contributed by atoms with Crippen LogP contribution in [0.25, 0.3) is 0 Å². The number of methoxy groups -OCH3 is 1. The lowest BCUT2D eigenvalue weighted by molar-refractivity contribution is -0.385. The maximum absolute atomic E-state index is 10.8. The summed E-state index contributed by atoms with van der Waals surface area (Å²) in [7, 11) is 3.22. The van der Waals surface area contributed by atoms with Crippen LogP contribution in [0.5, 0.6) is 11.5 Å². The normalized spacial score (nSPS) is 11.5. The summed E-state index contributed by atoms with van der Waals surface area (Å²) in [6.07, 6.45) is 0.644. The highest BCUT2D eigenvalue weighted by atomic mass is 35.5. The largest absolute Gasteiger partial charge is 0.490 e. The van der Waals surface area contributed by atoms with Gasteiger partial charge in [-0.15, -0.1) is 12.4 Å². The number of benzene rings is 1. The number of halogens is 1. The molecule has 0 aliphatic rings. The fourth-order valence-corrected chi connectivity index (χ4v) is 1.85. The van der Waals surface area contributed by atoms with Crippen molar-refractivity contribution in [2.24, 2.45) is 0 Å². The fraction of sp³-hybridized carbons (Fsp3) is 0.429. The van der Waals surface area contributed by atoms with E-state index in [0.717, 1.165) is 0 Å². The number of nitro benzene ring substituents is 1. The number of aromatic nitrogens is 2. The van der Waals surface area contributed by atoms with Gasteiger partial charge in [-0.2, -0.15) is 4.98 Å². The first-order chi connectivity index (χ1) is 11.0. The zero-order valence-electron chi connectivity index (χ0n) is 13.5. The van der Waals surface area contributed by atoms with E-state index in [1.165, 1.54) is 25.3 Å². The molecule has 0 aliphatic carbocycles. The van der Waals surface area contributed by atoms with Crippen molar-refractivity contribution >= 4 is 18.1 Å². The minimum absolute atomic E-state index is 0. The third-order valence-electron chi connectivity index (χ3n) is 3.20. The number of nitrogens with one attached hydrogen (secondary N) is 1. The second-order valence-electron chi connectivity index (χ2n) is 4.88. The van der Waals surface area contributed by atoms with Crippen LogP contribution in [0.1, 0.15) is 18.6 Å². The number of hydrogen-bond acceptors (Lipinski definition) is 8. The first-order valence-corrected chi connectivity index (χ1v) is 6.97. The molecule has 0 saturated carbocycles. The first-order valence-electron chi connectivity index (χ1n) is 6.97. The minimum atomic E-state index is -0.518. The van der Waals surface area contributed by atoms with Crippen LogP contribution in [0.15, 0.2) is 22.7 Å². The third kappa shape index (κ3) is 5.07. The van der Waals surface area contributed by atoms with Crippen LogP contribution < -0.4 is 14.8 Å². The van der Waals surface area contributed by atoms with Gasteiger partial charge < -0.3 is 19.3 Å². The van der Waals surface area contributed by atoms with Crippen molar-refractivity contribution in [2.75, 3.05) is 14.2 Å². The first kappa shape index (κ1) is 19.7. The molecule has 0 aliphatic heterocycles. The number of nitro groups is 1. The highest BCUT2D eigenvalue weighted by Crippen LogP contribution is 2.31. The van der Waals surface area contributed by atoms with E-state index in [4.69, 9.17) is 14.0 Å². The monoisotopic (exact) mass is 358 g/mol. The Kier molecular flexibility index (Phi) is 7.40. The van der Waals surface area contributed by atoms with Crippen LogP contribution in [0.4, 0.5) is 5.69 Å². The molecule has 0 bridgehead atoms. The average Bonchev–Trinajstić information content (AvgIpc) is 2.99. The van der Waals surface area contributed by atoms with Crippen LogP contribution >= 0.6 is 12.4 Å². The van der Waals surface area contributed by atoms with E-state index in [-0.39, 0.29) is 36.5 Å². The van der Waals surface area contributed by atoms with Crippen molar-refractivity contribution in [3.05, 3.63) is 40.0 Å². The summed E-state index contributed by atoms with van der Waals surface area (Å²) >= 11 is 0. The quantitative estimate of drug-likeness (QED) is 0.564. The van der Waals surface area contributed by atoms with Crippen LogP contribution in [0, 0.1) is 10.1 Å². The molecule has 132 valence electrons. The molecule has 0 amide bonds. The van der Waals surface area contributed by atoms with Gasteiger partial charge in [0.05, 0.1) is 12.0 Å². The fourth-order valence-electron chi connectivity index (χ4n) is 1.85. The molecule has 24 heavy (non-hydrogen) atoms. The predicted octanol–water partition coefficient (Wildman–Crippen LogP) is 2.14. The van der Waals surface area contributed by atoms with Crippen LogP contribution in [0.2, 0.25) is 0 Å². The van der Waals surface area contributed by atoms with Gasteiger partial charge in [-0.3, -0.25) is 10.1 Å². The Balaban J connectivity index is 0.00000288. The van der Waals surface area contributed by atoms with E-state index < -0.39 is 4.92 Å². The third-order valence-corrected chi connectivity index (χ3v) is 3.20. The van der Waals surface area contributed by atoms with Crippen molar-refractivity contribution in [3.63, 3.8) is 0 Å². The predicted molar refractivity (Wildman–Crippen MR) is 87.8 cm³/mol. The van der Waals surface area contributed by atoms with Gasteiger partial charge in [0.1, 0.15) is 5.75 Å². The van der Waals surface area contributed by atoms with E-state index in [1.54, 1.807) is 0 Å². The van der Waals surface area contributed by atoms with Crippen LogP contribution in [-0.2, 0) is 13.0 Å². The Morgan fingerprint density at radius 1 is 1.46 bits per heavy atom. The van der Waals surface area contributed by atoms with Gasteiger partial charge >= 0.3 is 5.69 Å². The summed E-state index contributed by atoms with van der Waals surface area (Å²) in [5.74, 6) is 1.46. The molecule has 1 N–H and O–H groups in total. The van der Waals surface area contributed by atoms with Gasteiger partial charge in [-0.25, -0.2) is 0 Å². The standard InChI is InChI=1S/C14H18N4O5.ClH/c1-9(15-2)6-13-16-14(23-17-13)8-22-10-4-5-11(18(19)20)12(7-10)21-3;/h4-5,7,9,15H,6,8H2,1-3H3;1H. The molecule has 10 heteroatoms. The molecule has 0 fully saturated rings. The summed E-state index contributed by atoms with van der Waals surface area (Å²) in [5.41, 5.74) is -0.124. The molecule has 0 radical (unpaired) electrons. The summed E-state index contributed by atoms with van der Waals surface area (Å²) in [4.78, 5) is 14.5. The molecule has 1 aromatic carbocycles. The summed E-state index contributed by atoms with van der Waals surface area (Å²) in [5, 5.41) is 17.8. The highest BCUT2D eigenvalue weighted by molar-refractivity contribution is 5.85. The van der Waals surface area contributed by atoms with E-state index in [0.29, 0.717) is 23.9 Å². The Labute approximate surface area is 144 Å². The molecular weight excluding hydrogens is 340 g/mol. The topological polar surface area (TPSA) is 113 Å². The zero-order chi connectivity index (χ0) is 16.8. The number of nitrogens with zero attached hydrogens (tertiary/aromatic N) is 3. The molecule has 0 spiro atoms. The van der Waals surface area contributed by atoms with Gasteiger partial charge in [0.25, 0.3) is 5.89 Å². The summed E-state index contributed by atoms with van der Waals surface area (Å²) in [6.45, 7) is 2.08. The molecule has 2 aromatic rings. The lowest BCUT2D eigenvalue weighted by Crippen LogP contribution is -2.24. The highest BCUT2D eigenvalue weighted by Gasteiger charge is 2.16. The average molecular weight is 359 g/mol. The second kappa shape index (κ2) is 9.04. The van der Waals surface area contributed by atoms with Gasteiger partial charge in [0.2, 0.25) is 5.75 Å². The van der Waals surface area contributed by atoms with Gasteiger partial charge in [0.15, 0.2) is 12.4 Å². The van der Waals surface area contributed by atoms with Crippen molar-refractivity contribution in [3.8, 4) is 11.5 Å². The minimum Gasteiger partial charge on any atom is -0.490 e.